The fourth-order valence-electron chi connectivity index (χ4n) is 4.49. The molecule has 0 radical (unpaired) electrons. The molecule has 2 atom stereocenters. The van der Waals surface area contributed by atoms with Gasteiger partial charge in [0.15, 0.2) is 5.82 Å². The summed E-state index contributed by atoms with van der Waals surface area (Å²) in [6, 6.07) is 5.80. The lowest BCUT2D eigenvalue weighted by molar-refractivity contribution is -0.131. The smallest absolute Gasteiger partial charge is 0.252 e. The number of hydrogen-bond acceptors (Lipinski definition) is 8. The average Bonchev–Trinajstić information content (AvgIpc) is 3.24. The number of benzene rings is 1. The van der Waals surface area contributed by atoms with Crippen molar-refractivity contribution in [1.82, 2.24) is 19.5 Å². The first kappa shape index (κ1) is 21.2. The van der Waals surface area contributed by atoms with E-state index in [2.05, 4.69) is 20.6 Å². The third-order valence-corrected chi connectivity index (χ3v) is 6.50. The van der Waals surface area contributed by atoms with Crippen LogP contribution in [0.2, 0.25) is 0 Å². The van der Waals surface area contributed by atoms with Crippen LogP contribution in [0, 0.1) is 6.92 Å². The highest BCUT2D eigenvalue weighted by atomic mass is 16.5. The predicted molar refractivity (Wildman–Crippen MR) is 125 cm³/mol. The highest BCUT2D eigenvalue weighted by Gasteiger charge is 2.59. The van der Waals surface area contributed by atoms with E-state index < -0.39 is 5.54 Å². The van der Waals surface area contributed by atoms with Gasteiger partial charge in [0.25, 0.3) is 5.91 Å². The molecule has 5 rings (SSSR count). The molecule has 0 spiro atoms. The van der Waals surface area contributed by atoms with Crippen molar-refractivity contribution in [3.05, 3.63) is 42.1 Å². The van der Waals surface area contributed by atoms with E-state index in [-0.39, 0.29) is 12.0 Å². The van der Waals surface area contributed by atoms with Gasteiger partial charge in [0.2, 0.25) is 5.95 Å². The molecule has 2 aliphatic rings. The fourth-order valence-corrected chi connectivity index (χ4v) is 4.49. The zero-order valence-corrected chi connectivity index (χ0v) is 19.3. The first-order chi connectivity index (χ1) is 15.9. The summed E-state index contributed by atoms with van der Waals surface area (Å²) < 4.78 is 13.1. The normalized spacial score (nSPS) is 21.1. The van der Waals surface area contributed by atoms with Gasteiger partial charge in [-0.05, 0) is 32.4 Å². The lowest BCUT2D eigenvalue weighted by Gasteiger charge is -2.57. The van der Waals surface area contributed by atoms with Crippen molar-refractivity contribution in [2.24, 2.45) is 0 Å². The number of amides is 1. The van der Waals surface area contributed by atoms with E-state index >= 15 is 0 Å². The van der Waals surface area contributed by atoms with E-state index in [0.717, 1.165) is 22.8 Å². The molecule has 10 nitrogen and oxygen atoms in total. The van der Waals surface area contributed by atoms with Gasteiger partial charge in [0.1, 0.15) is 23.1 Å². The third-order valence-electron chi connectivity index (χ3n) is 6.50. The number of aryl methyl sites for hydroxylation is 2. The number of nitrogens with one attached hydrogen (secondary N) is 2. The van der Waals surface area contributed by atoms with E-state index in [4.69, 9.17) is 14.5 Å². The fraction of sp³-hybridized carbons (Fsp3) is 0.391. The van der Waals surface area contributed by atoms with Crippen LogP contribution in [0.5, 0.6) is 5.75 Å². The summed E-state index contributed by atoms with van der Waals surface area (Å²) in [5, 5.41) is 6.31. The summed E-state index contributed by atoms with van der Waals surface area (Å²) in [7, 11) is 3.26. The molecular weight excluding hydrogens is 422 g/mol. The molecular formula is C23H27N7O3. The largest absolute Gasteiger partial charge is 0.494 e. The predicted octanol–water partition coefficient (Wildman–Crippen LogP) is 2.83. The van der Waals surface area contributed by atoms with Crippen molar-refractivity contribution in [3.63, 3.8) is 0 Å². The van der Waals surface area contributed by atoms with E-state index in [1.54, 1.807) is 20.5 Å². The SMILES string of the molecule is CCc1nc(Nc2ccc(-n3cnc(C)c3)c(OC)c2)nc2c1NC(=O)[C@@]1(C)C(OC)CN21. The van der Waals surface area contributed by atoms with E-state index in [1.807, 2.05) is 54.6 Å². The number of carbonyl (C=O) groups excluding carboxylic acids is 1. The van der Waals surface area contributed by atoms with Crippen molar-refractivity contribution < 1.29 is 14.3 Å². The van der Waals surface area contributed by atoms with Gasteiger partial charge in [-0.15, -0.1) is 0 Å². The topological polar surface area (TPSA) is 106 Å². The summed E-state index contributed by atoms with van der Waals surface area (Å²) >= 11 is 0. The summed E-state index contributed by atoms with van der Waals surface area (Å²) in [5.74, 6) is 1.76. The summed E-state index contributed by atoms with van der Waals surface area (Å²) in [4.78, 5) is 28.6. The zero-order chi connectivity index (χ0) is 23.3. The maximum atomic E-state index is 12.9. The van der Waals surface area contributed by atoms with Gasteiger partial charge < -0.3 is 29.6 Å². The Balaban J connectivity index is 1.49. The molecule has 0 aliphatic carbocycles. The number of nitrogens with zero attached hydrogens (tertiary/aromatic N) is 5. The quantitative estimate of drug-likeness (QED) is 0.592. The molecule has 3 aromatic rings. The maximum Gasteiger partial charge on any atom is 0.252 e. The Morgan fingerprint density at radius 2 is 2.12 bits per heavy atom. The van der Waals surface area contributed by atoms with E-state index in [0.29, 0.717) is 36.2 Å². The molecule has 10 heteroatoms. The van der Waals surface area contributed by atoms with Crippen LogP contribution in [0.15, 0.2) is 30.7 Å². The van der Waals surface area contributed by atoms with Crippen molar-refractivity contribution in [2.75, 3.05) is 36.3 Å². The molecule has 1 aromatic carbocycles. The molecule has 172 valence electrons. The average molecular weight is 450 g/mol. The van der Waals surface area contributed by atoms with Crippen LogP contribution in [-0.4, -0.2) is 57.8 Å². The van der Waals surface area contributed by atoms with Gasteiger partial charge in [-0.25, -0.2) is 9.97 Å². The van der Waals surface area contributed by atoms with Crippen LogP contribution in [0.1, 0.15) is 25.2 Å². The van der Waals surface area contributed by atoms with Crippen molar-refractivity contribution in [3.8, 4) is 11.4 Å². The molecule has 2 N–H and O–H groups in total. The van der Waals surface area contributed by atoms with E-state index in [9.17, 15) is 4.79 Å². The molecule has 0 bridgehead atoms. The van der Waals surface area contributed by atoms with Crippen molar-refractivity contribution >= 4 is 29.0 Å². The number of imidazole rings is 1. The second-order valence-corrected chi connectivity index (χ2v) is 8.42. The minimum atomic E-state index is -0.786. The van der Waals surface area contributed by atoms with Gasteiger partial charge in [0.05, 0.1) is 30.5 Å². The minimum Gasteiger partial charge on any atom is -0.494 e. The van der Waals surface area contributed by atoms with Crippen LogP contribution in [0.25, 0.3) is 5.69 Å². The molecule has 1 saturated heterocycles. The van der Waals surface area contributed by atoms with Crippen molar-refractivity contribution in [2.45, 2.75) is 38.8 Å². The lowest BCUT2D eigenvalue weighted by atomic mass is 9.80. The molecule has 4 heterocycles. The Kier molecular flexibility index (Phi) is 4.97. The van der Waals surface area contributed by atoms with Crippen molar-refractivity contribution in [1.29, 1.82) is 0 Å². The molecule has 2 aliphatic heterocycles. The Bertz CT molecular complexity index is 1240. The summed E-state index contributed by atoms with van der Waals surface area (Å²) in [6.07, 6.45) is 4.16. The first-order valence-electron chi connectivity index (χ1n) is 10.9. The second kappa shape index (κ2) is 7.73. The molecule has 2 aromatic heterocycles. The maximum absolute atomic E-state index is 12.9. The molecule has 0 saturated carbocycles. The first-order valence-corrected chi connectivity index (χ1v) is 10.9. The monoisotopic (exact) mass is 449 g/mol. The Morgan fingerprint density at radius 1 is 1.30 bits per heavy atom. The Labute approximate surface area is 192 Å². The number of methoxy groups -OCH3 is 2. The van der Waals surface area contributed by atoms with Crippen LogP contribution < -0.4 is 20.3 Å². The van der Waals surface area contributed by atoms with Gasteiger partial charge in [-0.2, -0.15) is 4.98 Å². The molecule has 1 amide bonds. The molecule has 1 fully saturated rings. The van der Waals surface area contributed by atoms with Crippen LogP contribution >= 0.6 is 0 Å². The number of ether oxygens (including phenoxy) is 2. The number of anilines is 4. The van der Waals surface area contributed by atoms with Gasteiger partial charge in [-0.3, -0.25) is 4.79 Å². The zero-order valence-electron chi connectivity index (χ0n) is 19.3. The Morgan fingerprint density at radius 3 is 2.79 bits per heavy atom. The Hall–Kier alpha value is -3.66. The standard InChI is InChI=1S/C23H27N7O3/c1-6-15-19-20(30-11-18(33-5)23(30,3)21(31)27-19)28-22(26-15)25-14-7-8-16(17(9-14)32-4)29-10-13(2)24-12-29/h7-10,12,18H,6,11H2,1-5H3,(H,27,31)(H,25,26,28)/t18?,23-/m1/s1. The number of fused-ring (bicyclic) bond motifs is 3. The molecule has 1 unspecified atom stereocenters. The minimum absolute atomic E-state index is 0.0952. The lowest BCUT2D eigenvalue weighted by Crippen LogP contribution is -2.77. The van der Waals surface area contributed by atoms with Crippen LogP contribution in [0.4, 0.5) is 23.1 Å². The number of hydrogen-bond donors (Lipinski definition) is 2. The number of rotatable bonds is 6. The van der Waals surface area contributed by atoms with Gasteiger partial charge >= 0.3 is 0 Å². The van der Waals surface area contributed by atoms with Gasteiger partial charge in [0, 0.05) is 31.6 Å². The van der Waals surface area contributed by atoms with E-state index in [1.165, 1.54) is 0 Å². The van der Waals surface area contributed by atoms with Crippen LogP contribution in [0.3, 0.4) is 0 Å². The molecule has 33 heavy (non-hydrogen) atoms. The second-order valence-electron chi connectivity index (χ2n) is 8.42. The summed E-state index contributed by atoms with van der Waals surface area (Å²) in [5.41, 5.74) is 3.25. The highest BCUT2D eigenvalue weighted by Crippen LogP contribution is 2.46. The number of carbonyl (C=O) groups is 1. The third kappa shape index (κ3) is 3.20. The van der Waals surface area contributed by atoms with Gasteiger partial charge in [-0.1, -0.05) is 6.92 Å². The highest BCUT2D eigenvalue weighted by molar-refractivity contribution is 6.08. The van der Waals surface area contributed by atoms with Crippen LogP contribution in [-0.2, 0) is 16.0 Å². The number of aromatic nitrogens is 4. The summed E-state index contributed by atoms with van der Waals surface area (Å²) in [6.45, 7) is 6.43.